The molecule has 0 heterocycles. The first kappa shape index (κ1) is 14.4. The molecule has 1 unspecified atom stereocenters. The third kappa shape index (κ3) is 5.10. The summed E-state index contributed by atoms with van der Waals surface area (Å²) in [6.07, 6.45) is 1.79. The second-order valence-corrected chi connectivity index (χ2v) is 4.46. The van der Waals surface area contributed by atoms with Gasteiger partial charge in [0.05, 0.1) is 0 Å². The zero-order valence-corrected chi connectivity index (χ0v) is 10.7. The van der Waals surface area contributed by atoms with Gasteiger partial charge in [-0.1, -0.05) is 44.2 Å². The van der Waals surface area contributed by atoms with Gasteiger partial charge in [0.15, 0.2) is 5.78 Å². The second-order valence-electron chi connectivity index (χ2n) is 4.46. The van der Waals surface area contributed by atoms with E-state index in [1.54, 1.807) is 30.7 Å². The Morgan fingerprint density at radius 3 is 2.56 bits per heavy atom. The maximum absolute atomic E-state index is 11.8. The standard InChI is InChI=1S/C14H18NO3/c1-11(2)8-14(15-10-16)18-9-13(17)12-6-4-3-5-7-12/h3-7,11,14H,8-9H2,1-2H3,(H,15,16). The molecule has 0 spiro atoms. The summed E-state index contributed by atoms with van der Waals surface area (Å²) in [6, 6.07) is 8.93. The van der Waals surface area contributed by atoms with E-state index in [2.05, 4.69) is 5.32 Å². The molecule has 1 aromatic carbocycles. The molecule has 1 aromatic rings. The second kappa shape index (κ2) is 7.61. The average Bonchev–Trinajstić information content (AvgIpc) is 2.36. The molecule has 1 amide bonds. The summed E-state index contributed by atoms with van der Waals surface area (Å²) in [5, 5.41) is 2.44. The van der Waals surface area contributed by atoms with Crippen LogP contribution in [0, 0.1) is 5.92 Å². The lowest BCUT2D eigenvalue weighted by Crippen LogP contribution is -2.33. The highest BCUT2D eigenvalue weighted by Crippen LogP contribution is 2.07. The van der Waals surface area contributed by atoms with Gasteiger partial charge in [0.25, 0.3) is 0 Å². The fraction of sp³-hybridized carbons (Fsp3) is 0.429. The van der Waals surface area contributed by atoms with Gasteiger partial charge in [0, 0.05) is 5.56 Å². The molecule has 1 N–H and O–H groups in total. The van der Waals surface area contributed by atoms with Crippen molar-refractivity contribution in [1.82, 2.24) is 5.32 Å². The predicted molar refractivity (Wildman–Crippen MR) is 68.8 cm³/mol. The molecule has 0 saturated carbocycles. The summed E-state index contributed by atoms with van der Waals surface area (Å²) in [4.78, 5) is 22.1. The maximum atomic E-state index is 11.8. The number of amides is 1. The molecular formula is C14H18NO3. The van der Waals surface area contributed by atoms with Gasteiger partial charge in [-0.05, 0) is 12.3 Å². The quantitative estimate of drug-likeness (QED) is 0.434. The Morgan fingerprint density at radius 1 is 1.33 bits per heavy atom. The molecule has 0 aliphatic carbocycles. The number of hydrogen-bond acceptors (Lipinski definition) is 3. The van der Waals surface area contributed by atoms with Crippen LogP contribution < -0.4 is 5.32 Å². The van der Waals surface area contributed by atoms with Crippen LogP contribution in [0.25, 0.3) is 0 Å². The van der Waals surface area contributed by atoms with Crippen LogP contribution in [0.2, 0.25) is 0 Å². The van der Waals surface area contributed by atoms with Gasteiger partial charge in [-0.25, -0.2) is 0 Å². The third-order valence-corrected chi connectivity index (χ3v) is 2.42. The molecule has 97 valence electrons. The van der Waals surface area contributed by atoms with E-state index >= 15 is 0 Å². The summed E-state index contributed by atoms with van der Waals surface area (Å²) in [5.41, 5.74) is 0.607. The maximum Gasteiger partial charge on any atom is 0.311 e. The number of Topliss-reactive ketones (excluding diaryl/α,β-unsaturated/α-hetero) is 1. The minimum atomic E-state index is -0.463. The Hall–Kier alpha value is -1.68. The van der Waals surface area contributed by atoms with E-state index in [0.29, 0.717) is 17.9 Å². The van der Waals surface area contributed by atoms with Gasteiger partial charge >= 0.3 is 6.41 Å². The Kier molecular flexibility index (Phi) is 6.08. The molecule has 1 rings (SSSR count). The highest BCUT2D eigenvalue weighted by atomic mass is 16.5. The van der Waals surface area contributed by atoms with Crippen LogP contribution >= 0.6 is 0 Å². The van der Waals surface area contributed by atoms with Crippen molar-refractivity contribution in [3.8, 4) is 0 Å². The largest absolute Gasteiger partial charge is 0.350 e. The number of carbonyl (C=O) groups is 1. The Bertz CT molecular complexity index is 376. The van der Waals surface area contributed by atoms with Crippen molar-refractivity contribution in [3.05, 3.63) is 35.9 Å². The van der Waals surface area contributed by atoms with Gasteiger partial charge in [0.1, 0.15) is 12.8 Å². The monoisotopic (exact) mass is 248 g/mol. The molecule has 18 heavy (non-hydrogen) atoms. The fourth-order valence-corrected chi connectivity index (χ4v) is 1.55. The van der Waals surface area contributed by atoms with E-state index in [9.17, 15) is 9.59 Å². The van der Waals surface area contributed by atoms with E-state index in [1.165, 1.54) is 0 Å². The number of ether oxygens (including phenoxy) is 1. The summed E-state index contributed by atoms with van der Waals surface area (Å²) >= 11 is 0. The Labute approximate surface area is 107 Å². The normalized spacial score (nSPS) is 12.2. The third-order valence-electron chi connectivity index (χ3n) is 2.42. The van der Waals surface area contributed by atoms with Gasteiger partial charge < -0.3 is 10.1 Å². The zero-order chi connectivity index (χ0) is 13.4. The first-order valence-electron chi connectivity index (χ1n) is 5.96. The van der Waals surface area contributed by atoms with Crippen LogP contribution in [0.1, 0.15) is 30.6 Å². The van der Waals surface area contributed by atoms with E-state index in [1.807, 2.05) is 19.9 Å². The highest BCUT2D eigenvalue weighted by Gasteiger charge is 2.13. The summed E-state index contributed by atoms with van der Waals surface area (Å²) in [7, 11) is 0. The van der Waals surface area contributed by atoms with E-state index < -0.39 is 6.23 Å². The first-order valence-corrected chi connectivity index (χ1v) is 5.96. The molecule has 4 nitrogen and oxygen atoms in total. The number of ketones is 1. The highest BCUT2D eigenvalue weighted by molar-refractivity contribution is 5.97. The SMILES string of the molecule is CC(C)CC(N[C]=O)OCC(=O)c1ccccc1. The molecule has 0 aromatic heterocycles. The van der Waals surface area contributed by atoms with Crippen molar-refractivity contribution in [1.29, 1.82) is 0 Å². The lowest BCUT2D eigenvalue weighted by molar-refractivity contribution is 0.0286. The molecule has 1 radical (unpaired) electrons. The zero-order valence-electron chi connectivity index (χ0n) is 10.7. The fourth-order valence-electron chi connectivity index (χ4n) is 1.55. The van der Waals surface area contributed by atoms with Crippen LogP contribution in [0.3, 0.4) is 0 Å². The molecule has 4 heteroatoms. The predicted octanol–water partition coefficient (Wildman–Crippen LogP) is 1.91. The smallest absolute Gasteiger partial charge is 0.311 e. The van der Waals surface area contributed by atoms with Crippen molar-refractivity contribution in [2.45, 2.75) is 26.5 Å². The van der Waals surface area contributed by atoms with Crippen molar-refractivity contribution in [2.75, 3.05) is 6.61 Å². The van der Waals surface area contributed by atoms with E-state index in [0.717, 1.165) is 0 Å². The van der Waals surface area contributed by atoms with Crippen molar-refractivity contribution in [3.63, 3.8) is 0 Å². The van der Waals surface area contributed by atoms with Crippen LogP contribution in [-0.4, -0.2) is 25.0 Å². The topological polar surface area (TPSA) is 55.4 Å². The average molecular weight is 248 g/mol. The van der Waals surface area contributed by atoms with E-state index in [-0.39, 0.29) is 12.4 Å². The van der Waals surface area contributed by atoms with Gasteiger partial charge in [0.2, 0.25) is 0 Å². The van der Waals surface area contributed by atoms with Crippen molar-refractivity contribution < 1.29 is 14.3 Å². The van der Waals surface area contributed by atoms with Crippen LogP contribution in [0.5, 0.6) is 0 Å². The minimum Gasteiger partial charge on any atom is -0.350 e. The Morgan fingerprint density at radius 2 is 2.00 bits per heavy atom. The van der Waals surface area contributed by atoms with Crippen molar-refractivity contribution in [2.24, 2.45) is 5.92 Å². The lowest BCUT2D eigenvalue weighted by atomic mass is 10.1. The van der Waals surface area contributed by atoms with Gasteiger partial charge in [-0.2, -0.15) is 0 Å². The van der Waals surface area contributed by atoms with Crippen LogP contribution in [0.4, 0.5) is 0 Å². The Balaban J connectivity index is 2.46. The number of carbonyl (C=O) groups excluding carboxylic acids is 2. The lowest BCUT2D eigenvalue weighted by Gasteiger charge is -2.17. The number of benzene rings is 1. The van der Waals surface area contributed by atoms with Gasteiger partial charge in [-0.3, -0.25) is 9.59 Å². The molecule has 0 bridgehead atoms. The summed E-state index contributed by atoms with van der Waals surface area (Å²) in [6.45, 7) is 3.99. The minimum absolute atomic E-state index is 0.0456. The van der Waals surface area contributed by atoms with Crippen molar-refractivity contribution >= 4 is 12.2 Å². The van der Waals surface area contributed by atoms with Crippen LogP contribution in [-0.2, 0) is 9.53 Å². The van der Waals surface area contributed by atoms with Crippen LogP contribution in [0.15, 0.2) is 30.3 Å². The number of hydrogen-bond donors (Lipinski definition) is 1. The van der Waals surface area contributed by atoms with E-state index in [4.69, 9.17) is 4.74 Å². The first-order chi connectivity index (χ1) is 8.63. The number of rotatable bonds is 8. The number of nitrogens with one attached hydrogen (secondary N) is 1. The molecule has 0 fully saturated rings. The molecular weight excluding hydrogens is 230 g/mol. The molecule has 0 saturated heterocycles. The van der Waals surface area contributed by atoms with Gasteiger partial charge in [-0.15, -0.1) is 0 Å². The molecule has 0 aliphatic rings. The molecule has 0 aliphatic heterocycles. The molecule has 1 atom stereocenters. The summed E-state index contributed by atoms with van der Waals surface area (Å²) in [5.74, 6) is 0.264. The summed E-state index contributed by atoms with van der Waals surface area (Å²) < 4.78 is 5.39.